The van der Waals surface area contributed by atoms with Crippen molar-refractivity contribution in [2.75, 3.05) is 6.54 Å². The highest BCUT2D eigenvalue weighted by Gasteiger charge is 2.29. The SMILES string of the molecule is Cc1ccc(C(C)(C)C(=O)NCCc2ccccc2F)cc1. The van der Waals surface area contributed by atoms with E-state index >= 15 is 0 Å². The van der Waals surface area contributed by atoms with Crippen molar-refractivity contribution in [3.05, 3.63) is 71.0 Å². The minimum atomic E-state index is -0.608. The van der Waals surface area contributed by atoms with E-state index < -0.39 is 5.41 Å². The molecule has 0 atom stereocenters. The van der Waals surface area contributed by atoms with Gasteiger partial charge in [0.2, 0.25) is 5.91 Å². The van der Waals surface area contributed by atoms with Crippen LogP contribution in [0.4, 0.5) is 4.39 Å². The summed E-state index contributed by atoms with van der Waals surface area (Å²) in [6.07, 6.45) is 0.488. The van der Waals surface area contributed by atoms with Crippen LogP contribution in [0.5, 0.6) is 0 Å². The minimum absolute atomic E-state index is 0.0484. The van der Waals surface area contributed by atoms with E-state index in [0.717, 1.165) is 5.56 Å². The third kappa shape index (κ3) is 3.73. The molecule has 0 aliphatic rings. The number of hydrogen-bond donors (Lipinski definition) is 1. The number of hydrogen-bond acceptors (Lipinski definition) is 1. The Bertz CT molecular complexity index is 647. The lowest BCUT2D eigenvalue weighted by molar-refractivity contribution is -0.125. The zero-order valence-electron chi connectivity index (χ0n) is 13.3. The fourth-order valence-corrected chi connectivity index (χ4v) is 2.33. The third-order valence-corrected chi connectivity index (χ3v) is 3.98. The van der Waals surface area contributed by atoms with Crippen molar-refractivity contribution in [2.45, 2.75) is 32.6 Å². The van der Waals surface area contributed by atoms with E-state index in [1.165, 1.54) is 11.6 Å². The highest BCUT2D eigenvalue weighted by molar-refractivity contribution is 5.87. The molecule has 2 aromatic rings. The summed E-state index contributed by atoms with van der Waals surface area (Å²) < 4.78 is 13.5. The second kappa shape index (κ2) is 6.73. The van der Waals surface area contributed by atoms with Crippen LogP contribution in [-0.2, 0) is 16.6 Å². The van der Waals surface area contributed by atoms with Crippen molar-refractivity contribution in [3.63, 3.8) is 0 Å². The number of amides is 1. The number of carbonyl (C=O) groups is 1. The summed E-state index contributed by atoms with van der Waals surface area (Å²) >= 11 is 0. The minimum Gasteiger partial charge on any atom is -0.355 e. The maximum Gasteiger partial charge on any atom is 0.230 e. The Labute approximate surface area is 131 Å². The van der Waals surface area contributed by atoms with E-state index in [9.17, 15) is 9.18 Å². The zero-order valence-corrected chi connectivity index (χ0v) is 13.3. The van der Waals surface area contributed by atoms with Crippen molar-refractivity contribution in [1.29, 1.82) is 0 Å². The topological polar surface area (TPSA) is 29.1 Å². The fraction of sp³-hybridized carbons (Fsp3) is 0.316. The van der Waals surface area contributed by atoms with E-state index in [2.05, 4.69) is 5.32 Å². The van der Waals surface area contributed by atoms with Gasteiger partial charge in [-0.25, -0.2) is 4.39 Å². The molecule has 0 spiro atoms. The highest BCUT2D eigenvalue weighted by Crippen LogP contribution is 2.23. The van der Waals surface area contributed by atoms with Crippen LogP contribution in [0.15, 0.2) is 48.5 Å². The maximum atomic E-state index is 13.5. The molecule has 0 aliphatic carbocycles. The quantitative estimate of drug-likeness (QED) is 0.894. The van der Waals surface area contributed by atoms with Crippen molar-refractivity contribution in [1.82, 2.24) is 5.32 Å². The molecule has 0 saturated carbocycles. The molecule has 2 rings (SSSR count). The van der Waals surface area contributed by atoms with Crippen LogP contribution in [0, 0.1) is 12.7 Å². The lowest BCUT2D eigenvalue weighted by atomic mass is 9.83. The number of benzene rings is 2. The molecular weight excluding hydrogens is 277 g/mol. The lowest BCUT2D eigenvalue weighted by Gasteiger charge is -2.24. The summed E-state index contributed by atoms with van der Waals surface area (Å²) in [6, 6.07) is 14.6. The van der Waals surface area contributed by atoms with E-state index in [1.54, 1.807) is 18.2 Å². The normalized spacial score (nSPS) is 11.3. The average molecular weight is 299 g/mol. The predicted molar refractivity (Wildman–Crippen MR) is 87.3 cm³/mol. The molecule has 22 heavy (non-hydrogen) atoms. The van der Waals surface area contributed by atoms with E-state index in [1.807, 2.05) is 45.0 Å². The first-order valence-corrected chi connectivity index (χ1v) is 7.50. The van der Waals surface area contributed by atoms with Gasteiger partial charge in [-0.1, -0.05) is 48.0 Å². The van der Waals surface area contributed by atoms with Crippen molar-refractivity contribution < 1.29 is 9.18 Å². The van der Waals surface area contributed by atoms with Crippen LogP contribution in [0.3, 0.4) is 0 Å². The summed E-state index contributed by atoms with van der Waals surface area (Å²) in [5, 5.41) is 2.91. The Morgan fingerprint density at radius 1 is 1.09 bits per heavy atom. The Kier molecular flexibility index (Phi) is 4.96. The Morgan fingerprint density at radius 3 is 2.36 bits per heavy atom. The van der Waals surface area contributed by atoms with Gasteiger partial charge >= 0.3 is 0 Å². The number of aryl methyl sites for hydroxylation is 1. The molecule has 116 valence electrons. The molecule has 2 aromatic carbocycles. The van der Waals surface area contributed by atoms with Gasteiger partial charge in [-0.3, -0.25) is 4.79 Å². The Morgan fingerprint density at radius 2 is 1.73 bits per heavy atom. The Hall–Kier alpha value is -2.16. The summed E-state index contributed by atoms with van der Waals surface area (Å²) in [5.74, 6) is -0.276. The smallest absolute Gasteiger partial charge is 0.230 e. The fourth-order valence-electron chi connectivity index (χ4n) is 2.33. The van der Waals surface area contributed by atoms with Crippen LogP contribution in [0.1, 0.15) is 30.5 Å². The molecule has 0 aliphatic heterocycles. The van der Waals surface area contributed by atoms with Crippen LogP contribution in [-0.4, -0.2) is 12.5 Å². The first kappa shape index (κ1) is 16.2. The molecule has 0 saturated heterocycles. The second-order valence-corrected chi connectivity index (χ2v) is 6.09. The van der Waals surface area contributed by atoms with E-state index in [0.29, 0.717) is 18.5 Å². The van der Waals surface area contributed by atoms with Gasteiger partial charge in [0, 0.05) is 6.54 Å². The average Bonchev–Trinajstić information content (AvgIpc) is 2.49. The molecule has 0 bridgehead atoms. The van der Waals surface area contributed by atoms with E-state index in [4.69, 9.17) is 0 Å². The van der Waals surface area contributed by atoms with Crippen LogP contribution < -0.4 is 5.32 Å². The summed E-state index contributed by atoms with van der Waals surface area (Å²) in [6.45, 7) is 6.24. The molecule has 1 N–H and O–H groups in total. The monoisotopic (exact) mass is 299 g/mol. The molecule has 3 heteroatoms. The first-order valence-electron chi connectivity index (χ1n) is 7.50. The molecule has 0 fully saturated rings. The van der Waals surface area contributed by atoms with Gasteiger partial charge in [-0.05, 0) is 44.4 Å². The molecule has 2 nitrogen and oxygen atoms in total. The van der Waals surface area contributed by atoms with Crippen LogP contribution in [0.25, 0.3) is 0 Å². The predicted octanol–water partition coefficient (Wildman–Crippen LogP) is 3.77. The molecule has 0 unspecified atom stereocenters. The summed E-state index contributed by atoms with van der Waals surface area (Å²) in [7, 11) is 0. The highest BCUT2D eigenvalue weighted by atomic mass is 19.1. The molecule has 0 radical (unpaired) electrons. The number of rotatable bonds is 5. The standard InChI is InChI=1S/C19H22FNO/c1-14-8-10-16(11-9-14)19(2,3)18(22)21-13-12-15-6-4-5-7-17(15)20/h4-11H,12-13H2,1-3H3,(H,21,22). The summed E-state index contributed by atoms with van der Waals surface area (Å²) in [5.41, 5.74) is 2.15. The molecule has 1 amide bonds. The largest absolute Gasteiger partial charge is 0.355 e. The summed E-state index contributed by atoms with van der Waals surface area (Å²) in [4.78, 5) is 12.4. The van der Waals surface area contributed by atoms with Gasteiger partial charge in [0.05, 0.1) is 5.41 Å². The van der Waals surface area contributed by atoms with Gasteiger partial charge in [-0.15, -0.1) is 0 Å². The van der Waals surface area contributed by atoms with E-state index in [-0.39, 0.29) is 11.7 Å². The van der Waals surface area contributed by atoms with Crippen LogP contribution in [0.2, 0.25) is 0 Å². The van der Waals surface area contributed by atoms with Crippen molar-refractivity contribution in [2.24, 2.45) is 0 Å². The first-order chi connectivity index (χ1) is 10.4. The second-order valence-electron chi connectivity index (χ2n) is 6.09. The zero-order chi connectivity index (χ0) is 16.2. The van der Waals surface area contributed by atoms with Gasteiger partial charge in [0.25, 0.3) is 0 Å². The maximum absolute atomic E-state index is 13.5. The van der Waals surface area contributed by atoms with Gasteiger partial charge in [0.1, 0.15) is 5.82 Å². The van der Waals surface area contributed by atoms with Crippen LogP contribution >= 0.6 is 0 Å². The molecule has 0 heterocycles. The third-order valence-electron chi connectivity index (χ3n) is 3.98. The van der Waals surface area contributed by atoms with Crippen molar-refractivity contribution >= 4 is 5.91 Å². The van der Waals surface area contributed by atoms with Gasteiger partial charge in [-0.2, -0.15) is 0 Å². The van der Waals surface area contributed by atoms with Gasteiger partial charge < -0.3 is 5.32 Å². The number of carbonyl (C=O) groups excluding carboxylic acids is 1. The Balaban J connectivity index is 1.96. The number of halogens is 1. The van der Waals surface area contributed by atoms with Gasteiger partial charge in [0.15, 0.2) is 0 Å². The van der Waals surface area contributed by atoms with Crippen molar-refractivity contribution in [3.8, 4) is 0 Å². The molecular formula is C19H22FNO. The lowest BCUT2D eigenvalue weighted by Crippen LogP contribution is -2.40. The number of nitrogens with one attached hydrogen (secondary N) is 1. The molecule has 0 aromatic heterocycles.